The van der Waals surface area contributed by atoms with Crippen molar-refractivity contribution in [2.75, 3.05) is 20.6 Å². The van der Waals surface area contributed by atoms with Crippen molar-refractivity contribution in [2.24, 2.45) is 0 Å². The first-order valence-electron chi connectivity index (χ1n) is 7.06. The third-order valence-corrected chi connectivity index (χ3v) is 4.12. The van der Waals surface area contributed by atoms with Crippen molar-refractivity contribution >= 4 is 22.3 Å². The van der Waals surface area contributed by atoms with Gasteiger partial charge in [-0.15, -0.1) is 0 Å². The molecule has 1 rings (SSSR count). The Balaban J connectivity index is 3.14. The second-order valence-corrected chi connectivity index (χ2v) is 6.73. The predicted molar refractivity (Wildman–Crippen MR) is 88.2 cm³/mol. The number of nitrogens with one attached hydrogen (secondary N) is 1. The summed E-state index contributed by atoms with van der Waals surface area (Å²) >= 11 is 0. The molecule has 24 heavy (non-hydrogen) atoms. The molecule has 8 nitrogen and oxygen atoms in total. The van der Waals surface area contributed by atoms with E-state index in [0.717, 1.165) is 10.7 Å². The average molecular weight is 353 g/mol. The van der Waals surface area contributed by atoms with Gasteiger partial charge in [0.15, 0.2) is 11.5 Å². The molecular weight excluding hydrogens is 334 g/mol. The summed E-state index contributed by atoms with van der Waals surface area (Å²) in [5.41, 5.74) is 0.190. The fourth-order valence-corrected chi connectivity index (χ4v) is 2.03. The van der Waals surface area contributed by atoms with Gasteiger partial charge in [0.1, 0.15) is 11.6 Å². The number of nitriles is 1. The normalized spacial score (nSPS) is 11.9. The minimum absolute atomic E-state index is 0.143. The Morgan fingerprint density at radius 3 is 2.67 bits per heavy atom. The second-order valence-electron chi connectivity index (χ2n) is 4.98. The molecule has 0 heterocycles. The number of amides is 1. The van der Waals surface area contributed by atoms with E-state index in [0.29, 0.717) is 12.1 Å². The van der Waals surface area contributed by atoms with Crippen LogP contribution in [0.3, 0.4) is 0 Å². The zero-order chi connectivity index (χ0) is 18.3. The summed E-state index contributed by atoms with van der Waals surface area (Å²) in [6.45, 7) is 2.31. The molecule has 0 aliphatic carbocycles. The smallest absolute Gasteiger partial charge is 0.384 e. The Morgan fingerprint density at radius 1 is 1.46 bits per heavy atom. The van der Waals surface area contributed by atoms with Crippen LogP contribution in [0.15, 0.2) is 23.8 Å². The zero-order valence-electron chi connectivity index (χ0n) is 13.6. The van der Waals surface area contributed by atoms with Crippen LogP contribution < -0.4 is 9.50 Å². The van der Waals surface area contributed by atoms with Gasteiger partial charge in [-0.25, -0.2) is 0 Å². The monoisotopic (exact) mass is 353 g/mol. The summed E-state index contributed by atoms with van der Waals surface area (Å²) in [6, 6.07) is 5.64. The molecule has 0 saturated carbocycles. The van der Waals surface area contributed by atoms with Crippen LogP contribution in [0.1, 0.15) is 18.9 Å². The average Bonchev–Trinajstić information content (AvgIpc) is 2.52. The SMILES string of the molecule is CCCNC(=O)/C(C#N)=C/c1ccc(O)c(OS(=O)(=O)N(C)C)c1. The summed E-state index contributed by atoms with van der Waals surface area (Å²) in [6.07, 6.45) is 2.00. The highest BCUT2D eigenvalue weighted by atomic mass is 32.2. The van der Waals surface area contributed by atoms with Crippen LogP contribution in [0.5, 0.6) is 11.5 Å². The van der Waals surface area contributed by atoms with E-state index in [2.05, 4.69) is 5.32 Å². The van der Waals surface area contributed by atoms with Crippen LogP contribution >= 0.6 is 0 Å². The summed E-state index contributed by atoms with van der Waals surface area (Å²) < 4.78 is 29.1. The molecule has 0 radical (unpaired) electrons. The molecule has 1 aromatic carbocycles. The Labute approximate surface area is 141 Å². The van der Waals surface area contributed by atoms with Crippen LogP contribution in [-0.4, -0.2) is 44.4 Å². The van der Waals surface area contributed by atoms with E-state index in [1.165, 1.54) is 38.4 Å². The first kappa shape index (κ1) is 19.5. The topological polar surface area (TPSA) is 120 Å². The van der Waals surface area contributed by atoms with Crippen molar-refractivity contribution in [3.05, 3.63) is 29.3 Å². The highest BCUT2D eigenvalue weighted by Crippen LogP contribution is 2.29. The fraction of sp³-hybridized carbons (Fsp3) is 0.333. The number of benzene rings is 1. The molecule has 2 N–H and O–H groups in total. The highest BCUT2D eigenvalue weighted by molar-refractivity contribution is 7.84. The van der Waals surface area contributed by atoms with Crippen molar-refractivity contribution in [2.45, 2.75) is 13.3 Å². The van der Waals surface area contributed by atoms with E-state index in [9.17, 15) is 18.3 Å². The Hall–Kier alpha value is -2.57. The molecule has 0 bridgehead atoms. The van der Waals surface area contributed by atoms with Crippen molar-refractivity contribution in [3.63, 3.8) is 0 Å². The van der Waals surface area contributed by atoms with E-state index in [-0.39, 0.29) is 17.1 Å². The van der Waals surface area contributed by atoms with Gasteiger partial charge in [-0.1, -0.05) is 13.0 Å². The Kier molecular flexibility index (Phi) is 6.76. The minimum atomic E-state index is -4.04. The molecule has 0 atom stereocenters. The van der Waals surface area contributed by atoms with Gasteiger partial charge < -0.3 is 14.6 Å². The zero-order valence-corrected chi connectivity index (χ0v) is 14.4. The predicted octanol–water partition coefficient (Wildman–Crippen LogP) is 1.01. The molecule has 0 fully saturated rings. The third kappa shape index (κ3) is 5.26. The van der Waals surface area contributed by atoms with Gasteiger partial charge in [-0.05, 0) is 30.2 Å². The van der Waals surface area contributed by atoms with Crippen LogP contribution in [0.25, 0.3) is 6.08 Å². The van der Waals surface area contributed by atoms with Crippen LogP contribution in [0, 0.1) is 11.3 Å². The van der Waals surface area contributed by atoms with Crippen LogP contribution in [0.4, 0.5) is 0 Å². The van der Waals surface area contributed by atoms with Crippen LogP contribution in [0.2, 0.25) is 0 Å². The largest absolute Gasteiger partial charge is 0.504 e. The van der Waals surface area contributed by atoms with Gasteiger partial charge in [-0.3, -0.25) is 4.79 Å². The molecule has 9 heteroatoms. The maximum atomic E-state index is 11.8. The Morgan fingerprint density at radius 2 is 2.12 bits per heavy atom. The van der Waals surface area contributed by atoms with Gasteiger partial charge >= 0.3 is 10.3 Å². The first-order chi connectivity index (χ1) is 11.2. The lowest BCUT2D eigenvalue weighted by atomic mass is 10.1. The number of hydrogen-bond acceptors (Lipinski definition) is 6. The highest BCUT2D eigenvalue weighted by Gasteiger charge is 2.18. The number of carbonyl (C=O) groups excluding carboxylic acids is 1. The van der Waals surface area contributed by atoms with E-state index in [1.807, 2.05) is 6.92 Å². The van der Waals surface area contributed by atoms with Crippen molar-refractivity contribution < 1.29 is 22.5 Å². The number of carbonyl (C=O) groups is 1. The number of rotatable bonds is 7. The summed E-state index contributed by atoms with van der Waals surface area (Å²) in [4.78, 5) is 11.8. The van der Waals surface area contributed by atoms with Crippen molar-refractivity contribution in [1.29, 1.82) is 5.26 Å². The number of hydrogen-bond donors (Lipinski definition) is 2. The quantitative estimate of drug-likeness (QED) is 0.558. The molecule has 0 aromatic heterocycles. The lowest BCUT2D eigenvalue weighted by molar-refractivity contribution is -0.117. The molecule has 130 valence electrons. The number of phenols is 1. The molecule has 1 amide bonds. The molecule has 0 saturated heterocycles. The number of nitrogens with zero attached hydrogens (tertiary/aromatic N) is 2. The molecular formula is C15H19N3O5S. The van der Waals surface area contributed by atoms with E-state index in [4.69, 9.17) is 9.44 Å². The summed E-state index contributed by atoms with van der Waals surface area (Å²) in [5.74, 6) is -1.22. The molecule has 1 aromatic rings. The molecule has 0 spiro atoms. The van der Waals surface area contributed by atoms with Crippen LogP contribution in [-0.2, 0) is 15.1 Å². The Bertz CT molecular complexity index is 779. The second kappa shape index (κ2) is 8.33. The molecule has 0 aliphatic heterocycles. The van der Waals surface area contributed by atoms with Gasteiger partial charge in [0.2, 0.25) is 0 Å². The minimum Gasteiger partial charge on any atom is -0.504 e. The molecule has 0 unspecified atom stereocenters. The number of phenolic OH excluding ortho intramolecular Hbond substituents is 1. The third-order valence-electron chi connectivity index (χ3n) is 2.84. The standard InChI is InChI=1S/C15H19N3O5S/c1-4-7-17-15(20)12(10-16)8-11-5-6-13(19)14(9-11)23-24(21,22)18(2)3/h5-6,8-9,19H,4,7H2,1-3H3,(H,17,20)/b12-8+. The van der Waals surface area contributed by atoms with E-state index < -0.39 is 16.2 Å². The lowest BCUT2D eigenvalue weighted by Gasteiger charge is -2.13. The van der Waals surface area contributed by atoms with Gasteiger partial charge in [-0.2, -0.15) is 18.0 Å². The van der Waals surface area contributed by atoms with Crippen molar-refractivity contribution in [3.8, 4) is 17.6 Å². The van der Waals surface area contributed by atoms with Crippen molar-refractivity contribution in [1.82, 2.24) is 9.62 Å². The fourth-order valence-electron chi connectivity index (χ4n) is 1.52. The van der Waals surface area contributed by atoms with E-state index >= 15 is 0 Å². The maximum absolute atomic E-state index is 11.8. The maximum Gasteiger partial charge on any atom is 0.384 e. The van der Waals surface area contributed by atoms with E-state index in [1.54, 1.807) is 6.07 Å². The van der Waals surface area contributed by atoms with Gasteiger partial charge in [0.05, 0.1) is 0 Å². The van der Waals surface area contributed by atoms with Gasteiger partial charge in [0.25, 0.3) is 5.91 Å². The molecule has 0 aliphatic rings. The summed E-state index contributed by atoms with van der Waals surface area (Å²) in [5, 5.41) is 21.4. The lowest BCUT2D eigenvalue weighted by Crippen LogP contribution is -2.27. The summed E-state index contributed by atoms with van der Waals surface area (Å²) in [7, 11) is -1.49. The number of aromatic hydroxyl groups is 1. The first-order valence-corrected chi connectivity index (χ1v) is 8.42. The van der Waals surface area contributed by atoms with Gasteiger partial charge in [0, 0.05) is 20.6 Å².